The van der Waals surface area contributed by atoms with E-state index in [1.165, 1.54) is 0 Å². The van der Waals surface area contributed by atoms with Gasteiger partial charge in [-0.3, -0.25) is 9.59 Å². The minimum atomic E-state index is -0.0831. The molecule has 0 spiro atoms. The zero-order valence-electron chi connectivity index (χ0n) is 7.00. The predicted octanol–water partition coefficient (Wildman–Crippen LogP) is 2.08. The molecule has 2 rings (SSSR count). The highest BCUT2D eigenvalue weighted by Crippen LogP contribution is 2.40. The number of carbonyl (C=O) groups excluding carboxylic acids is 2. The number of alkyl halides is 2. The van der Waals surface area contributed by atoms with Crippen LogP contribution in [0.5, 0.6) is 0 Å². The lowest BCUT2D eigenvalue weighted by atomic mass is 9.71. The van der Waals surface area contributed by atoms with E-state index in [1.807, 2.05) is 0 Å². The summed E-state index contributed by atoms with van der Waals surface area (Å²) in [5, 5.41) is 0. The predicted molar refractivity (Wildman–Crippen MR) is 56.3 cm³/mol. The Morgan fingerprint density at radius 2 is 1.23 bits per heavy atom. The monoisotopic (exact) mass is 308 g/mol. The van der Waals surface area contributed by atoms with Gasteiger partial charge in [0.15, 0.2) is 0 Å². The van der Waals surface area contributed by atoms with Crippen LogP contribution in [0.4, 0.5) is 0 Å². The van der Waals surface area contributed by atoms with Crippen LogP contribution in [0.1, 0.15) is 19.3 Å². The lowest BCUT2D eigenvalue weighted by molar-refractivity contribution is -0.133. The zero-order valence-corrected chi connectivity index (χ0v) is 10.2. The molecule has 0 N–H and O–H groups in total. The first-order chi connectivity index (χ1) is 6.09. The summed E-state index contributed by atoms with van der Waals surface area (Å²) in [7, 11) is 0. The highest BCUT2D eigenvalue weighted by molar-refractivity contribution is 9.10. The second-order valence-corrected chi connectivity index (χ2v) is 6.05. The van der Waals surface area contributed by atoms with Crippen molar-refractivity contribution >= 4 is 43.4 Å². The molecule has 2 nitrogen and oxygen atoms in total. The number of rotatable bonds is 0. The zero-order chi connectivity index (χ0) is 9.59. The average molecular weight is 310 g/mol. The molecule has 0 aromatic rings. The summed E-state index contributed by atoms with van der Waals surface area (Å²) >= 11 is 6.68. The third-order valence-electron chi connectivity index (χ3n) is 2.97. The van der Waals surface area contributed by atoms with E-state index in [2.05, 4.69) is 31.9 Å². The van der Waals surface area contributed by atoms with Crippen LogP contribution < -0.4 is 0 Å². The second-order valence-electron chi connectivity index (χ2n) is 3.84. The maximum atomic E-state index is 11.6. The summed E-state index contributed by atoms with van der Waals surface area (Å²) in [5.41, 5.74) is 0. The molecule has 2 bridgehead atoms. The molecule has 2 aliphatic rings. The standard InChI is InChI=1S/C9H10Br2O2/c10-6-2-4-1-5(9(6)13)3-7(11)8(4)12/h4-7H,1-3H2/t4-,5+,6+,7-. The van der Waals surface area contributed by atoms with Crippen LogP contribution in [0.3, 0.4) is 0 Å². The lowest BCUT2D eigenvalue weighted by Crippen LogP contribution is -2.45. The maximum absolute atomic E-state index is 11.6. The molecular formula is C9H10Br2O2. The molecule has 2 fully saturated rings. The minimum absolute atomic E-state index is 0.0831. The molecule has 13 heavy (non-hydrogen) atoms. The molecule has 0 aliphatic heterocycles. The maximum Gasteiger partial charge on any atom is 0.149 e. The Morgan fingerprint density at radius 1 is 0.846 bits per heavy atom. The van der Waals surface area contributed by atoms with Crippen molar-refractivity contribution in [3.05, 3.63) is 0 Å². The molecule has 0 aromatic heterocycles. The normalized spacial score (nSPS) is 45.1. The number of ketones is 2. The molecule has 0 aromatic carbocycles. The third kappa shape index (κ3) is 1.63. The van der Waals surface area contributed by atoms with Gasteiger partial charge in [0.25, 0.3) is 0 Å². The fourth-order valence-corrected chi connectivity index (χ4v) is 3.89. The van der Waals surface area contributed by atoms with E-state index in [-0.39, 0.29) is 33.1 Å². The molecule has 0 unspecified atom stereocenters. The van der Waals surface area contributed by atoms with Gasteiger partial charge in [-0.05, 0) is 19.3 Å². The van der Waals surface area contributed by atoms with E-state index in [1.54, 1.807) is 0 Å². The van der Waals surface area contributed by atoms with Crippen LogP contribution >= 0.6 is 31.9 Å². The van der Waals surface area contributed by atoms with Gasteiger partial charge < -0.3 is 0 Å². The van der Waals surface area contributed by atoms with Gasteiger partial charge in [0, 0.05) is 11.8 Å². The molecule has 2 saturated carbocycles. The lowest BCUT2D eigenvalue weighted by Gasteiger charge is -2.36. The van der Waals surface area contributed by atoms with Crippen molar-refractivity contribution in [3.63, 3.8) is 0 Å². The van der Waals surface area contributed by atoms with Gasteiger partial charge >= 0.3 is 0 Å². The molecule has 2 aliphatic carbocycles. The molecule has 0 heterocycles. The first-order valence-electron chi connectivity index (χ1n) is 4.45. The van der Waals surface area contributed by atoms with Crippen molar-refractivity contribution in [1.29, 1.82) is 0 Å². The van der Waals surface area contributed by atoms with Crippen molar-refractivity contribution < 1.29 is 9.59 Å². The first kappa shape index (κ1) is 9.84. The molecule has 4 atom stereocenters. The molecule has 72 valence electrons. The number of carbonyl (C=O) groups is 2. The Kier molecular flexibility index (Phi) is 2.62. The van der Waals surface area contributed by atoms with Crippen LogP contribution in [0.25, 0.3) is 0 Å². The summed E-state index contributed by atoms with van der Waals surface area (Å²) in [4.78, 5) is 23.1. The number of hydrogen-bond acceptors (Lipinski definition) is 2. The van der Waals surface area contributed by atoms with Crippen LogP contribution in [-0.4, -0.2) is 21.2 Å². The molecule has 0 amide bonds. The van der Waals surface area contributed by atoms with Gasteiger partial charge in [0.1, 0.15) is 11.6 Å². The van der Waals surface area contributed by atoms with Crippen molar-refractivity contribution in [1.82, 2.24) is 0 Å². The summed E-state index contributed by atoms with van der Waals surface area (Å²) in [6, 6.07) is 0. The number of Topliss-reactive ketones (excluding diaryl/α,β-unsaturated/α-hetero) is 2. The molecule has 0 saturated heterocycles. The van der Waals surface area contributed by atoms with Crippen molar-refractivity contribution in [2.24, 2.45) is 11.8 Å². The van der Waals surface area contributed by atoms with Gasteiger partial charge in [0.05, 0.1) is 9.65 Å². The van der Waals surface area contributed by atoms with Crippen molar-refractivity contribution in [3.8, 4) is 0 Å². The smallest absolute Gasteiger partial charge is 0.149 e. The largest absolute Gasteiger partial charge is 0.298 e. The Bertz CT molecular complexity index is 234. The molecular weight excluding hydrogens is 300 g/mol. The van der Waals surface area contributed by atoms with E-state index >= 15 is 0 Å². The Hall–Kier alpha value is 0.300. The summed E-state index contributed by atoms with van der Waals surface area (Å²) in [5.74, 6) is 0.775. The quantitative estimate of drug-likeness (QED) is 0.642. The highest BCUT2D eigenvalue weighted by atomic mass is 79.9. The fraction of sp³-hybridized carbons (Fsp3) is 0.778. The van der Waals surface area contributed by atoms with Crippen LogP contribution in [0.2, 0.25) is 0 Å². The molecule has 4 heteroatoms. The van der Waals surface area contributed by atoms with Crippen LogP contribution in [-0.2, 0) is 9.59 Å². The summed E-state index contributed by atoms with van der Waals surface area (Å²) in [6.07, 6.45) is 2.16. The van der Waals surface area contributed by atoms with E-state index < -0.39 is 0 Å². The number of hydrogen-bond donors (Lipinski definition) is 0. The van der Waals surface area contributed by atoms with Crippen molar-refractivity contribution in [2.45, 2.75) is 28.9 Å². The topological polar surface area (TPSA) is 34.1 Å². The van der Waals surface area contributed by atoms with Gasteiger partial charge in [-0.2, -0.15) is 0 Å². The number of halogens is 2. The van der Waals surface area contributed by atoms with Gasteiger partial charge in [-0.25, -0.2) is 0 Å². The fourth-order valence-electron chi connectivity index (χ4n) is 2.24. The minimum Gasteiger partial charge on any atom is -0.298 e. The van der Waals surface area contributed by atoms with Gasteiger partial charge in [0.2, 0.25) is 0 Å². The van der Waals surface area contributed by atoms with Gasteiger partial charge in [-0.1, -0.05) is 31.9 Å². The number of fused-ring (bicyclic) bond motifs is 2. The van der Waals surface area contributed by atoms with Crippen LogP contribution in [0.15, 0.2) is 0 Å². The molecule has 0 radical (unpaired) electrons. The van der Waals surface area contributed by atoms with Crippen molar-refractivity contribution in [2.75, 3.05) is 0 Å². The van der Waals surface area contributed by atoms with E-state index in [4.69, 9.17) is 0 Å². The van der Waals surface area contributed by atoms with E-state index in [9.17, 15) is 9.59 Å². The average Bonchev–Trinajstić information content (AvgIpc) is 2.09. The summed E-state index contributed by atoms with van der Waals surface area (Å²) in [6.45, 7) is 0. The van der Waals surface area contributed by atoms with E-state index in [0.717, 1.165) is 6.42 Å². The Balaban J connectivity index is 2.21. The van der Waals surface area contributed by atoms with Crippen LogP contribution in [0, 0.1) is 11.8 Å². The Morgan fingerprint density at radius 3 is 1.62 bits per heavy atom. The SMILES string of the molecule is O=C1[C@@H]2C[C@@H](C[C@H]1Br)C(=O)[C@@H](Br)C2. The van der Waals surface area contributed by atoms with Gasteiger partial charge in [-0.15, -0.1) is 0 Å². The third-order valence-corrected chi connectivity index (χ3v) is 4.62. The van der Waals surface area contributed by atoms with E-state index in [0.29, 0.717) is 12.8 Å². The summed E-state index contributed by atoms with van der Waals surface area (Å²) < 4.78 is 0. The first-order valence-corrected chi connectivity index (χ1v) is 6.28. The second kappa shape index (κ2) is 3.46. The highest BCUT2D eigenvalue weighted by Gasteiger charge is 2.44. The Labute approximate surface area is 93.7 Å².